The van der Waals surface area contributed by atoms with Crippen molar-refractivity contribution in [2.45, 2.75) is 11.8 Å². The molecule has 7 nitrogen and oxygen atoms in total. The Morgan fingerprint density at radius 3 is 2.50 bits per heavy atom. The third kappa shape index (κ3) is 2.23. The van der Waals surface area contributed by atoms with Crippen molar-refractivity contribution in [1.29, 1.82) is 0 Å². The van der Waals surface area contributed by atoms with Crippen molar-refractivity contribution in [3.05, 3.63) is 53.4 Å². The average Bonchev–Trinajstić information content (AvgIpc) is 2.52. The van der Waals surface area contributed by atoms with Crippen LogP contribution in [0.25, 0.3) is 17.0 Å². The van der Waals surface area contributed by atoms with Crippen LogP contribution >= 0.6 is 0 Å². The van der Waals surface area contributed by atoms with Crippen LogP contribution in [-0.2, 0) is 14.8 Å². The summed E-state index contributed by atoms with van der Waals surface area (Å²) >= 11 is 0. The molecule has 0 atom stereocenters. The van der Waals surface area contributed by atoms with Gasteiger partial charge >= 0.3 is 0 Å². The fraction of sp³-hybridized carbons (Fsp3) is 0.125. The molecule has 1 aliphatic rings. The molecule has 0 radical (unpaired) electrons. The van der Waals surface area contributed by atoms with Crippen LogP contribution in [-0.4, -0.2) is 35.8 Å². The van der Waals surface area contributed by atoms with Crippen molar-refractivity contribution in [3.63, 3.8) is 0 Å². The lowest BCUT2D eigenvalue weighted by Crippen LogP contribution is -2.37. The van der Waals surface area contributed by atoms with Crippen molar-refractivity contribution < 1.29 is 18.3 Å². The molecule has 24 heavy (non-hydrogen) atoms. The Bertz CT molecular complexity index is 996. The summed E-state index contributed by atoms with van der Waals surface area (Å²) in [6, 6.07) is 9.84. The summed E-state index contributed by atoms with van der Waals surface area (Å²) in [6.45, 7) is 1.80. The molecule has 2 aromatic rings. The van der Waals surface area contributed by atoms with Gasteiger partial charge in [-0.25, -0.2) is 8.42 Å². The van der Waals surface area contributed by atoms with E-state index in [4.69, 9.17) is 5.73 Å². The van der Waals surface area contributed by atoms with Gasteiger partial charge in [0.25, 0.3) is 15.9 Å². The number of carbonyl (C=O) groups excluding carboxylic acids is 1. The maximum atomic E-state index is 12.7. The number of nitrogens with zero attached hydrogens (tertiary/aromatic N) is 2. The number of hydrogen-bond donors (Lipinski definition) is 2. The molecule has 8 heteroatoms. The Labute approximate surface area is 139 Å². The zero-order valence-corrected chi connectivity index (χ0v) is 13.8. The van der Waals surface area contributed by atoms with Crippen LogP contribution in [0.4, 0.5) is 0 Å². The maximum Gasteiger partial charge on any atom is 0.269 e. The van der Waals surface area contributed by atoms with Crippen LogP contribution in [0, 0.1) is 6.92 Å². The zero-order valence-electron chi connectivity index (χ0n) is 13.0. The van der Waals surface area contributed by atoms with Gasteiger partial charge in [-0.05, 0) is 25.1 Å². The average molecular weight is 345 g/mol. The van der Waals surface area contributed by atoms with Crippen molar-refractivity contribution in [2.75, 3.05) is 7.05 Å². The van der Waals surface area contributed by atoms with E-state index in [0.29, 0.717) is 15.6 Å². The third-order valence-corrected chi connectivity index (χ3v) is 5.64. The number of aliphatic hydroxyl groups excluding tert-OH is 1. The molecular weight excluding hydrogens is 330 g/mol. The van der Waals surface area contributed by atoms with E-state index in [9.17, 15) is 18.3 Å². The number of aliphatic hydroxyl groups is 1. The van der Waals surface area contributed by atoms with Crippen molar-refractivity contribution in [1.82, 2.24) is 9.29 Å². The van der Waals surface area contributed by atoms with E-state index < -0.39 is 27.4 Å². The molecule has 0 aliphatic carbocycles. The second-order valence-corrected chi connectivity index (χ2v) is 7.31. The van der Waals surface area contributed by atoms with E-state index in [1.807, 2.05) is 0 Å². The summed E-state index contributed by atoms with van der Waals surface area (Å²) in [5.41, 5.74) is 6.45. The van der Waals surface area contributed by atoms with Crippen molar-refractivity contribution in [2.24, 2.45) is 5.73 Å². The first-order chi connectivity index (χ1) is 11.2. The quantitative estimate of drug-likeness (QED) is 0.854. The number of aromatic nitrogens is 1. The molecule has 3 N–H and O–H groups in total. The van der Waals surface area contributed by atoms with Crippen LogP contribution in [0.1, 0.15) is 11.3 Å². The number of benzene rings is 1. The predicted molar refractivity (Wildman–Crippen MR) is 88.1 cm³/mol. The minimum atomic E-state index is -4.00. The number of rotatable bonds is 2. The number of fused-ring (bicyclic) bond motifs is 1. The second kappa shape index (κ2) is 5.34. The van der Waals surface area contributed by atoms with Gasteiger partial charge in [0.15, 0.2) is 11.5 Å². The molecular formula is C16H15N3O4S. The number of sulfonamides is 1. The summed E-state index contributed by atoms with van der Waals surface area (Å²) in [4.78, 5) is 15.9. The smallest absolute Gasteiger partial charge is 0.269 e. The predicted octanol–water partition coefficient (Wildman–Crippen LogP) is 1.40. The van der Waals surface area contributed by atoms with Crippen molar-refractivity contribution in [3.8, 4) is 11.3 Å². The number of primary amides is 1. The van der Waals surface area contributed by atoms with Gasteiger partial charge < -0.3 is 10.8 Å². The fourth-order valence-corrected chi connectivity index (χ4v) is 4.13. The zero-order chi connectivity index (χ0) is 17.6. The summed E-state index contributed by atoms with van der Waals surface area (Å²) in [6.07, 6.45) is 0. The minimum Gasteiger partial charge on any atom is -0.505 e. The lowest BCUT2D eigenvalue weighted by molar-refractivity contribution is -0.115. The summed E-state index contributed by atoms with van der Waals surface area (Å²) < 4.78 is 26.0. The first kappa shape index (κ1) is 16.0. The Morgan fingerprint density at radius 2 is 1.88 bits per heavy atom. The van der Waals surface area contributed by atoms with Crippen LogP contribution in [0.5, 0.6) is 0 Å². The van der Waals surface area contributed by atoms with E-state index in [2.05, 4.69) is 4.98 Å². The molecule has 1 amide bonds. The molecule has 0 spiro atoms. The van der Waals surface area contributed by atoms with Gasteiger partial charge in [0.2, 0.25) is 0 Å². The van der Waals surface area contributed by atoms with Crippen LogP contribution in [0.2, 0.25) is 0 Å². The molecule has 0 fully saturated rings. The topological polar surface area (TPSA) is 114 Å². The Hall–Kier alpha value is -2.87. The van der Waals surface area contributed by atoms with E-state index in [1.165, 1.54) is 13.1 Å². The number of pyridine rings is 1. The molecule has 0 saturated carbocycles. The van der Waals surface area contributed by atoms with E-state index in [1.54, 1.807) is 37.3 Å². The SMILES string of the molecule is Cc1cccc(-c2cccc3c2C(O)=C(C(N)=O)N(C)S3(=O)=O)n1. The highest BCUT2D eigenvalue weighted by Gasteiger charge is 2.38. The maximum absolute atomic E-state index is 12.7. The van der Waals surface area contributed by atoms with Gasteiger partial charge in [0.05, 0.1) is 10.6 Å². The van der Waals surface area contributed by atoms with Gasteiger partial charge in [-0.3, -0.25) is 14.1 Å². The first-order valence-electron chi connectivity index (χ1n) is 7.04. The number of aryl methyl sites for hydroxylation is 1. The molecule has 0 saturated heterocycles. The van der Waals surface area contributed by atoms with Gasteiger partial charge in [-0.2, -0.15) is 0 Å². The van der Waals surface area contributed by atoms with Crippen LogP contribution in [0.15, 0.2) is 47.0 Å². The summed E-state index contributed by atoms with van der Waals surface area (Å²) in [5, 5.41) is 10.6. The second-order valence-electron chi connectivity index (χ2n) is 5.38. The Kier molecular flexibility index (Phi) is 3.56. The van der Waals surface area contributed by atoms with Gasteiger partial charge in [-0.15, -0.1) is 0 Å². The molecule has 1 aliphatic heterocycles. The minimum absolute atomic E-state index is 0.0301. The molecule has 1 aromatic heterocycles. The Balaban J connectivity index is 2.43. The molecule has 0 unspecified atom stereocenters. The lowest BCUT2D eigenvalue weighted by atomic mass is 10.0. The number of nitrogens with two attached hydrogens (primary N) is 1. The van der Waals surface area contributed by atoms with Crippen LogP contribution in [0.3, 0.4) is 0 Å². The molecule has 2 heterocycles. The van der Waals surface area contributed by atoms with Crippen LogP contribution < -0.4 is 5.73 Å². The standard InChI is InChI=1S/C16H15N3O4S/c1-9-5-3-7-11(18-9)10-6-4-8-12-13(10)15(20)14(16(17)21)19(2)24(12,22)23/h3-8,20H,1-2H3,(H2,17,21). The van der Waals surface area contributed by atoms with E-state index in [0.717, 1.165) is 5.69 Å². The van der Waals surface area contributed by atoms with E-state index in [-0.39, 0.29) is 10.5 Å². The highest BCUT2D eigenvalue weighted by atomic mass is 32.2. The number of amides is 1. The summed E-state index contributed by atoms with van der Waals surface area (Å²) in [7, 11) is -2.83. The first-order valence-corrected chi connectivity index (χ1v) is 8.48. The summed E-state index contributed by atoms with van der Waals surface area (Å²) in [5.74, 6) is -1.51. The Morgan fingerprint density at radius 1 is 1.21 bits per heavy atom. The normalized spacial score (nSPS) is 16.0. The fourth-order valence-electron chi connectivity index (χ4n) is 2.70. The monoisotopic (exact) mass is 345 g/mol. The number of carbonyl (C=O) groups is 1. The van der Waals surface area contributed by atoms with Crippen molar-refractivity contribution >= 4 is 21.7 Å². The molecule has 3 rings (SSSR count). The highest BCUT2D eigenvalue weighted by molar-refractivity contribution is 7.89. The lowest BCUT2D eigenvalue weighted by Gasteiger charge is -2.28. The van der Waals surface area contributed by atoms with E-state index >= 15 is 0 Å². The van der Waals surface area contributed by atoms with Gasteiger partial charge in [0.1, 0.15) is 0 Å². The largest absolute Gasteiger partial charge is 0.505 e. The van der Waals surface area contributed by atoms with Gasteiger partial charge in [-0.1, -0.05) is 18.2 Å². The number of hydrogen-bond acceptors (Lipinski definition) is 5. The molecule has 1 aromatic carbocycles. The van der Waals surface area contributed by atoms with Gasteiger partial charge in [0, 0.05) is 23.9 Å². The third-order valence-electron chi connectivity index (χ3n) is 3.84. The molecule has 124 valence electrons. The number of likely N-dealkylation sites (N-methyl/N-ethyl adjacent to an activating group) is 1. The highest BCUT2D eigenvalue weighted by Crippen LogP contribution is 2.39. The molecule has 0 bridgehead atoms.